The van der Waals surface area contributed by atoms with Crippen molar-refractivity contribution >= 4 is 11.9 Å². The van der Waals surface area contributed by atoms with Crippen LogP contribution in [-0.2, 0) is 22.5 Å². The molecule has 0 unspecified atom stereocenters. The normalized spacial score (nSPS) is 16.2. The van der Waals surface area contributed by atoms with E-state index in [1.165, 1.54) is 13.5 Å². The number of hydrogen-bond donors (Lipinski definition) is 0. The molecule has 1 saturated heterocycles. The van der Waals surface area contributed by atoms with Crippen molar-refractivity contribution in [3.05, 3.63) is 35.5 Å². The predicted molar refractivity (Wildman–Crippen MR) is 112 cm³/mol. The fourth-order valence-corrected chi connectivity index (χ4v) is 3.87. The largest absolute Gasteiger partial charge is 0.497 e. The Balaban J connectivity index is 1.66. The van der Waals surface area contributed by atoms with E-state index in [1.54, 1.807) is 12.0 Å². The van der Waals surface area contributed by atoms with Gasteiger partial charge >= 0.3 is 0 Å². The Labute approximate surface area is 176 Å². The SMILES string of the molecule is COCC(=O)N1CCc2nc(N3CCCCC3)nc(Oc3ccc(OC)cc3)c2C1. The molecule has 0 saturated carbocycles. The van der Waals surface area contributed by atoms with Gasteiger partial charge in [-0.1, -0.05) is 0 Å². The van der Waals surface area contributed by atoms with E-state index in [2.05, 4.69) is 4.90 Å². The molecule has 0 N–H and O–H groups in total. The summed E-state index contributed by atoms with van der Waals surface area (Å²) in [5, 5.41) is 0. The van der Waals surface area contributed by atoms with Gasteiger partial charge in [0.25, 0.3) is 0 Å². The summed E-state index contributed by atoms with van der Waals surface area (Å²) in [5.74, 6) is 2.62. The molecule has 2 aliphatic rings. The topological polar surface area (TPSA) is 77.0 Å². The Morgan fingerprint density at radius 3 is 2.43 bits per heavy atom. The number of aromatic nitrogens is 2. The molecule has 0 atom stereocenters. The first-order valence-electron chi connectivity index (χ1n) is 10.4. The zero-order valence-corrected chi connectivity index (χ0v) is 17.6. The zero-order valence-electron chi connectivity index (χ0n) is 17.6. The summed E-state index contributed by atoms with van der Waals surface area (Å²) < 4.78 is 16.4. The fraction of sp³-hybridized carbons (Fsp3) is 0.500. The van der Waals surface area contributed by atoms with E-state index < -0.39 is 0 Å². The van der Waals surface area contributed by atoms with Gasteiger partial charge in [-0.15, -0.1) is 0 Å². The molecule has 1 aromatic carbocycles. The molecule has 0 spiro atoms. The van der Waals surface area contributed by atoms with Gasteiger partial charge in [-0.05, 0) is 43.5 Å². The molecular weight excluding hydrogens is 384 g/mol. The second kappa shape index (κ2) is 9.30. The lowest BCUT2D eigenvalue weighted by Crippen LogP contribution is -2.39. The van der Waals surface area contributed by atoms with E-state index >= 15 is 0 Å². The maximum absolute atomic E-state index is 12.4. The quantitative estimate of drug-likeness (QED) is 0.722. The zero-order chi connectivity index (χ0) is 20.9. The number of methoxy groups -OCH3 is 2. The first kappa shape index (κ1) is 20.4. The third kappa shape index (κ3) is 4.48. The van der Waals surface area contributed by atoms with E-state index in [0.29, 0.717) is 37.1 Å². The van der Waals surface area contributed by atoms with E-state index in [0.717, 1.165) is 42.9 Å². The number of benzene rings is 1. The number of amides is 1. The van der Waals surface area contributed by atoms with Crippen molar-refractivity contribution in [3.8, 4) is 17.4 Å². The van der Waals surface area contributed by atoms with Crippen molar-refractivity contribution in [2.24, 2.45) is 0 Å². The third-order valence-electron chi connectivity index (χ3n) is 5.54. The van der Waals surface area contributed by atoms with Gasteiger partial charge in [-0.3, -0.25) is 4.79 Å². The Bertz CT molecular complexity index is 881. The lowest BCUT2D eigenvalue weighted by Gasteiger charge is -2.31. The van der Waals surface area contributed by atoms with Gasteiger partial charge in [0, 0.05) is 33.2 Å². The summed E-state index contributed by atoms with van der Waals surface area (Å²) in [5.41, 5.74) is 1.82. The molecule has 8 heteroatoms. The predicted octanol–water partition coefficient (Wildman–Crippen LogP) is 2.80. The van der Waals surface area contributed by atoms with Crippen molar-refractivity contribution in [1.82, 2.24) is 14.9 Å². The van der Waals surface area contributed by atoms with Crippen LogP contribution in [0.3, 0.4) is 0 Å². The van der Waals surface area contributed by atoms with E-state index in [4.69, 9.17) is 24.2 Å². The third-order valence-corrected chi connectivity index (χ3v) is 5.54. The highest BCUT2D eigenvalue weighted by molar-refractivity contribution is 5.77. The summed E-state index contributed by atoms with van der Waals surface area (Å²) in [7, 11) is 3.16. The first-order chi connectivity index (χ1) is 14.7. The molecule has 4 rings (SSSR count). The van der Waals surface area contributed by atoms with Gasteiger partial charge < -0.3 is 24.0 Å². The van der Waals surface area contributed by atoms with Crippen LogP contribution in [0.5, 0.6) is 17.4 Å². The Kier molecular flexibility index (Phi) is 6.32. The maximum atomic E-state index is 12.4. The lowest BCUT2D eigenvalue weighted by atomic mass is 10.1. The summed E-state index contributed by atoms with van der Waals surface area (Å²) in [6.07, 6.45) is 4.21. The second-order valence-electron chi connectivity index (χ2n) is 7.58. The van der Waals surface area contributed by atoms with Crippen molar-refractivity contribution in [3.63, 3.8) is 0 Å². The molecule has 1 amide bonds. The minimum absolute atomic E-state index is 0.0429. The minimum Gasteiger partial charge on any atom is -0.497 e. The second-order valence-corrected chi connectivity index (χ2v) is 7.58. The molecule has 3 heterocycles. The number of rotatable bonds is 6. The Morgan fingerprint density at radius 2 is 1.73 bits per heavy atom. The number of ether oxygens (including phenoxy) is 3. The molecule has 0 radical (unpaired) electrons. The average molecular weight is 412 g/mol. The molecule has 160 valence electrons. The van der Waals surface area contributed by atoms with Gasteiger partial charge in [0.15, 0.2) is 0 Å². The Morgan fingerprint density at radius 1 is 1.00 bits per heavy atom. The molecular formula is C22H28N4O4. The van der Waals surface area contributed by atoms with E-state index in [1.807, 2.05) is 24.3 Å². The van der Waals surface area contributed by atoms with Crippen LogP contribution in [0.1, 0.15) is 30.5 Å². The van der Waals surface area contributed by atoms with Crippen LogP contribution in [-0.4, -0.2) is 61.2 Å². The van der Waals surface area contributed by atoms with Gasteiger partial charge in [0.05, 0.1) is 24.9 Å². The Hall–Kier alpha value is -2.87. The number of anilines is 1. The highest BCUT2D eigenvalue weighted by Gasteiger charge is 2.28. The number of nitrogens with zero attached hydrogens (tertiary/aromatic N) is 4. The number of fused-ring (bicyclic) bond motifs is 1. The highest BCUT2D eigenvalue weighted by atomic mass is 16.5. The first-order valence-corrected chi connectivity index (χ1v) is 10.4. The molecule has 2 aliphatic heterocycles. The average Bonchev–Trinajstić information content (AvgIpc) is 2.80. The van der Waals surface area contributed by atoms with Crippen LogP contribution in [0.15, 0.2) is 24.3 Å². The van der Waals surface area contributed by atoms with Crippen LogP contribution >= 0.6 is 0 Å². The van der Waals surface area contributed by atoms with Crippen LogP contribution in [0.2, 0.25) is 0 Å². The molecule has 1 fully saturated rings. The van der Waals surface area contributed by atoms with Crippen LogP contribution < -0.4 is 14.4 Å². The van der Waals surface area contributed by atoms with Gasteiger partial charge in [-0.2, -0.15) is 4.98 Å². The van der Waals surface area contributed by atoms with E-state index in [9.17, 15) is 4.79 Å². The van der Waals surface area contributed by atoms with Gasteiger partial charge in [0.1, 0.15) is 18.1 Å². The number of piperidine rings is 1. The number of hydrogen-bond acceptors (Lipinski definition) is 7. The van der Waals surface area contributed by atoms with Crippen molar-refractivity contribution < 1.29 is 19.0 Å². The highest BCUT2D eigenvalue weighted by Crippen LogP contribution is 2.32. The van der Waals surface area contributed by atoms with Crippen molar-refractivity contribution in [2.45, 2.75) is 32.2 Å². The summed E-state index contributed by atoms with van der Waals surface area (Å²) in [6, 6.07) is 7.40. The summed E-state index contributed by atoms with van der Waals surface area (Å²) in [4.78, 5) is 26.0. The molecule has 8 nitrogen and oxygen atoms in total. The summed E-state index contributed by atoms with van der Waals surface area (Å²) >= 11 is 0. The van der Waals surface area contributed by atoms with Gasteiger partial charge in [-0.25, -0.2) is 4.98 Å². The molecule has 0 bridgehead atoms. The van der Waals surface area contributed by atoms with Crippen molar-refractivity contribution in [2.75, 3.05) is 45.4 Å². The molecule has 2 aromatic rings. The van der Waals surface area contributed by atoms with Crippen molar-refractivity contribution in [1.29, 1.82) is 0 Å². The van der Waals surface area contributed by atoms with Crippen LogP contribution in [0, 0.1) is 0 Å². The standard InChI is InChI=1S/C22H28N4O4/c1-28-15-20(27)26-13-10-19-18(14-26)21(30-17-8-6-16(29-2)7-9-17)24-22(23-19)25-11-4-3-5-12-25/h6-9H,3-5,10-15H2,1-2H3. The fourth-order valence-electron chi connectivity index (χ4n) is 3.87. The van der Waals surface area contributed by atoms with Crippen LogP contribution in [0.25, 0.3) is 0 Å². The smallest absolute Gasteiger partial charge is 0.248 e. The number of carbonyl (C=O) groups excluding carboxylic acids is 1. The minimum atomic E-state index is -0.0429. The monoisotopic (exact) mass is 412 g/mol. The maximum Gasteiger partial charge on any atom is 0.248 e. The van der Waals surface area contributed by atoms with Crippen LogP contribution in [0.4, 0.5) is 5.95 Å². The molecule has 1 aromatic heterocycles. The van der Waals surface area contributed by atoms with Gasteiger partial charge in [0.2, 0.25) is 17.7 Å². The lowest BCUT2D eigenvalue weighted by molar-refractivity contribution is -0.136. The molecule has 30 heavy (non-hydrogen) atoms. The van der Waals surface area contributed by atoms with E-state index in [-0.39, 0.29) is 12.5 Å². The molecule has 0 aliphatic carbocycles. The summed E-state index contributed by atoms with van der Waals surface area (Å²) in [6.45, 7) is 3.02. The number of carbonyl (C=O) groups is 1.